The second-order valence-electron chi connectivity index (χ2n) is 5.63. The highest BCUT2D eigenvalue weighted by molar-refractivity contribution is 9.10. The molecular weight excluding hydrogens is 368 g/mol. The van der Waals surface area contributed by atoms with Crippen molar-refractivity contribution in [2.24, 2.45) is 0 Å². The fourth-order valence-electron chi connectivity index (χ4n) is 2.25. The number of ether oxygens (including phenoxy) is 2. The fourth-order valence-corrected chi connectivity index (χ4v) is 2.52. The number of rotatable bonds is 9. The summed E-state index contributed by atoms with van der Waals surface area (Å²) < 4.78 is 12.0. The van der Waals surface area contributed by atoms with Gasteiger partial charge in [0.25, 0.3) is 0 Å². The van der Waals surface area contributed by atoms with Crippen LogP contribution in [0.2, 0.25) is 0 Å². The quantitative estimate of drug-likeness (QED) is 0.298. The fraction of sp³-hybridized carbons (Fsp3) is 0.350. The Morgan fingerprint density at radius 2 is 1.50 bits per heavy atom. The molecule has 0 aliphatic rings. The Morgan fingerprint density at radius 3 is 2.17 bits per heavy atom. The van der Waals surface area contributed by atoms with Gasteiger partial charge in [-0.15, -0.1) is 0 Å². The lowest BCUT2D eigenvalue weighted by Crippen LogP contribution is -2.08. The molecule has 0 aliphatic heterocycles. The van der Waals surface area contributed by atoms with Crippen molar-refractivity contribution in [2.45, 2.75) is 39.0 Å². The molecule has 0 amide bonds. The van der Waals surface area contributed by atoms with Gasteiger partial charge in [0.15, 0.2) is 0 Å². The molecule has 0 aromatic heterocycles. The largest absolute Gasteiger partial charge is 0.494 e. The summed E-state index contributed by atoms with van der Waals surface area (Å²) >= 11 is 3.35. The number of halogens is 1. The molecule has 0 bridgehead atoms. The SMILES string of the molecule is CCCCCCCOc1ccc(C(=O)Oc2ccc(Br)cc2)cc1. The lowest BCUT2D eigenvalue weighted by molar-refractivity contribution is 0.0734. The minimum atomic E-state index is -0.372. The van der Waals surface area contributed by atoms with E-state index < -0.39 is 0 Å². The molecule has 4 heteroatoms. The predicted molar refractivity (Wildman–Crippen MR) is 99.8 cm³/mol. The minimum Gasteiger partial charge on any atom is -0.494 e. The van der Waals surface area contributed by atoms with Gasteiger partial charge in [0, 0.05) is 4.47 Å². The lowest BCUT2D eigenvalue weighted by Gasteiger charge is -2.07. The molecule has 0 heterocycles. The van der Waals surface area contributed by atoms with Crippen LogP contribution in [0.3, 0.4) is 0 Å². The molecule has 128 valence electrons. The molecule has 0 atom stereocenters. The summed E-state index contributed by atoms with van der Waals surface area (Å²) in [6.07, 6.45) is 6.06. The van der Waals surface area contributed by atoms with E-state index in [1.807, 2.05) is 24.3 Å². The van der Waals surface area contributed by atoms with Crippen LogP contribution in [0.25, 0.3) is 0 Å². The van der Waals surface area contributed by atoms with Crippen LogP contribution in [0.1, 0.15) is 49.4 Å². The van der Waals surface area contributed by atoms with Crippen molar-refractivity contribution < 1.29 is 14.3 Å². The molecule has 0 saturated carbocycles. The Bertz CT molecular complexity index is 620. The van der Waals surface area contributed by atoms with Crippen molar-refractivity contribution in [1.82, 2.24) is 0 Å². The maximum atomic E-state index is 12.1. The highest BCUT2D eigenvalue weighted by atomic mass is 79.9. The van der Waals surface area contributed by atoms with E-state index in [9.17, 15) is 4.79 Å². The zero-order valence-corrected chi connectivity index (χ0v) is 15.6. The first-order valence-corrected chi connectivity index (χ1v) is 9.19. The van der Waals surface area contributed by atoms with E-state index in [0.29, 0.717) is 17.9 Å². The third kappa shape index (κ3) is 6.36. The van der Waals surface area contributed by atoms with Gasteiger partial charge < -0.3 is 9.47 Å². The van der Waals surface area contributed by atoms with Crippen LogP contribution in [0.15, 0.2) is 53.0 Å². The molecule has 0 spiro atoms. The number of carbonyl (C=O) groups excluding carboxylic acids is 1. The Morgan fingerprint density at radius 1 is 0.875 bits per heavy atom. The molecule has 3 nitrogen and oxygen atoms in total. The van der Waals surface area contributed by atoms with Crippen LogP contribution >= 0.6 is 15.9 Å². The zero-order chi connectivity index (χ0) is 17.2. The Kier molecular flexibility index (Phi) is 7.83. The number of esters is 1. The van der Waals surface area contributed by atoms with Crippen molar-refractivity contribution in [2.75, 3.05) is 6.61 Å². The Balaban J connectivity index is 1.78. The van der Waals surface area contributed by atoms with E-state index in [-0.39, 0.29) is 5.97 Å². The van der Waals surface area contributed by atoms with Crippen LogP contribution < -0.4 is 9.47 Å². The molecule has 24 heavy (non-hydrogen) atoms. The summed E-state index contributed by atoms with van der Waals surface area (Å²) in [5.74, 6) is 0.935. The molecule has 2 aromatic carbocycles. The normalized spacial score (nSPS) is 10.4. The number of hydrogen-bond donors (Lipinski definition) is 0. The van der Waals surface area contributed by atoms with Crippen LogP contribution in [0, 0.1) is 0 Å². The second-order valence-corrected chi connectivity index (χ2v) is 6.55. The van der Waals surface area contributed by atoms with E-state index >= 15 is 0 Å². The van der Waals surface area contributed by atoms with Gasteiger partial charge >= 0.3 is 5.97 Å². The average Bonchev–Trinajstić information content (AvgIpc) is 2.60. The highest BCUT2D eigenvalue weighted by Gasteiger charge is 2.08. The minimum absolute atomic E-state index is 0.372. The van der Waals surface area contributed by atoms with Gasteiger partial charge in [-0.25, -0.2) is 4.79 Å². The third-order valence-corrected chi connectivity index (χ3v) is 4.16. The molecule has 0 fully saturated rings. The molecule has 0 aliphatic carbocycles. The topological polar surface area (TPSA) is 35.5 Å². The number of benzene rings is 2. The lowest BCUT2D eigenvalue weighted by atomic mass is 10.2. The maximum Gasteiger partial charge on any atom is 0.343 e. The molecule has 2 aromatic rings. The van der Waals surface area contributed by atoms with Crippen LogP contribution in [-0.4, -0.2) is 12.6 Å². The van der Waals surface area contributed by atoms with E-state index in [1.54, 1.807) is 24.3 Å². The van der Waals surface area contributed by atoms with E-state index in [1.165, 1.54) is 25.7 Å². The highest BCUT2D eigenvalue weighted by Crippen LogP contribution is 2.19. The molecule has 2 rings (SSSR count). The first-order valence-electron chi connectivity index (χ1n) is 8.39. The van der Waals surface area contributed by atoms with Crippen LogP contribution in [-0.2, 0) is 0 Å². The number of hydrogen-bond acceptors (Lipinski definition) is 3. The number of carbonyl (C=O) groups is 1. The predicted octanol–water partition coefficient (Wildman–Crippen LogP) is 6.02. The molecule has 0 saturated heterocycles. The zero-order valence-electron chi connectivity index (χ0n) is 14.0. The second kappa shape index (κ2) is 10.1. The van der Waals surface area contributed by atoms with Crippen molar-refractivity contribution in [3.8, 4) is 11.5 Å². The summed E-state index contributed by atoms with van der Waals surface area (Å²) in [6, 6.07) is 14.2. The molecular formula is C20H23BrO3. The van der Waals surface area contributed by atoms with Crippen molar-refractivity contribution >= 4 is 21.9 Å². The Hall–Kier alpha value is -1.81. The van der Waals surface area contributed by atoms with Crippen molar-refractivity contribution in [1.29, 1.82) is 0 Å². The molecule has 0 unspecified atom stereocenters. The first kappa shape index (κ1) is 18.5. The van der Waals surface area contributed by atoms with E-state index in [2.05, 4.69) is 22.9 Å². The Labute approximate surface area is 152 Å². The number of unbranched alkanes of at least 4 members (excludes halogenated alkanes) is 4. The van der Waals surface area contributed by atoms with Crippen molar-refractivity contribution in [3.05, 3.63) is 58.6 Å². The summed E-state index contributed by atoms with van der Waals surface area (Å²) in [5, 5.41) is 0. The standard InChI is InChI=1S/C20H23BrO3/c1-2-3-4-5-6-15-23-18-11-7-16(8-12-18)20(22)24-19-13-9-17(21)10-14-19/h7-14H,2-6,15H2,1H3. The van der Waals surface area contributed by atoms with Gasteiger partial charge in [0.2, 0.25) is 0 Å². The van der Waals surface area contributed by atoms with Gasteiger partial charge in [-0.2, -0.15) is 0 Å². The van der Waals surface area contributed by atoms with E-state index in [4.69, 9.17) is 9.47 Å². The summed E-state index contributed by atoms with van der Waals surface area (Å²) in [4.78, 5) is 12.1. The van der Waals surface area contributed by atoms with Gasteiger partial charge in [-0.05, 0) is 55.0 Å². The van der Waals surface area contributed by atoms with E-state index in [0.717, 1.165) is 16.6 Å². The van der Waals surface area contributed by atoms with Crippen LogP contribution in [0.5, 0.6) is 11.5 Å². The van der Waals surface area contributed by atoms with Crippen LogP contribution in [0.4, 0.5) is 0 Å². The summed E-state index contributed by atoms with van der Waals surface area (Å²) in [6.45, 7) is 2.92. The van der Waals surface area contributed by atoms with Gasteiger partial charge in [-0.1, -0.05) is 48.5 Å². The summed E-state index contributed by atoms with van der Waals surface area (Å²) in [7, 11) is 0. The molecule has 0 radical (unpaired) electrons. The summed E-state index contributed by atoms with van der Waals surface area (Å²) in [5.41, 5.74) is 0.508. The van der Waals surface area contributed by atoms with Gasteiger partial charge in [0.1, 0.15) is 11.5 Å². The van der Waals surface area contributed by atoms with Gasteiger partial charge in [-0.3, -0.25) is 0 Å². The third-order valence-electron chi connectivity index (χ3n) is 3.63. The van der Waals surface area contributed by atoms with Gasteiger partial charge in [0.05, 0.1) is 12.2 Å². The smallest absolute Gasteiger partial charge is 0.343 e. The molecule has 0 N–H and O–H groups in total. The monoisotopic (exact) mass is 390 g/mol. The first-order chi connectivity index (χ1) is 11.7. The average molecular weight is 391 g/mol. The maximum absolute atomic E-state index is 12.1. The van der Waals surface area contributed by atoms with Crippen molar-refractivity contribution in [3.63, 3.8) is 0 Å².